The molecule has 1 saturated carbocycles. The molecule has 0 heterocycles. The first kappa shape index (κ1) is 18.4. The Bertz CT molecular complexity index is 641. The molecule has 0 radical (unpaired) electrons. The minimum Gasteiger partial charge on any atom is -0.392 e. The van der Waals surface area contributed by atoms with E-state index >= 15 is 0 Å². The van der Waals surface area contributed by atoms with Gasteiger partial charge in [-0.25, -0.2) is 17.9 Å². The summed E-state index contributed by atoms with van der Waals surface area (Å²) in [4.78, 5) is -0.498. The highest BCUT2D eigenvalue weighted by Gasteiger charge is 2.36. The summed E-state index contributed by atoms with van der Waals surface area (Å²) in [7, 11) is -4.12. The van der Waals surface area contributed by atoms with Crippen molar-refractivity contribution in [3.63, 3.8) is 0 Å². The first-order valence-electron chi connectivity index (χ1n) is 8.26. The Labute approximate surface area is 138 Å². The second kappa shape index (κ2) is 7.28. The maximum Gasteiger partial charge on any atom is 0.240 e. The molecule has 1 fully saturated rings. The minimum absolute atomic E-state index is 0.0378. The van der Waals surface area contributed by atoms with E-state index in [0.29, 0.717) is 0 Å². The van der Waals surface area contributed by atoms with Crippen LogP contribution in [0.4, 0.5) is 4.39 Å². The fourth-order valence-corrected chi connectivity index (χ4v) is 4.31. The third-order valence-electron chi connectivity index (χ3n) is 5.17. The van der Waals surface area contributed by atoms with Crippen LogP contribution in [0.3, 0.4) is 0 Å². The van der Waals surface area contributed by atoms with E-state index in [4.69, 9.17) is 5.14 Å². The van der Waals surface area contributed by atoms with Crippen LogP contribution in [0.5, 0.6) is 0 Å². The zero-order chi connectivity index (χ0) is 17.2. The van der Waals surface area contributed by atoms with E-state index in [0.717, 1.165) is 32.1 Å². The summed E-state index contributed by atoms with van der Waals surface area (Å²) >= 11 is 0. The van der Waals surface area contributed by atoms with Crippen molar-refractivity contribution < 1.29 is 17.9 Å². The third-order valence-corrected chi connectivity index (χ3v) is 6.09. The topological polar surface area (TPSA) is 80.4 Å². The molecule has 3 atom stereocenters. The summed E-state index contributed by atoms with van der Waals surface area (Å²) < 4.78 is 37.9. The summed E-state index contributed by atoms with van der Waals surface area (Å²) in [5, 5.41) is 15.9. The van der Waals surface area contributed by atoms with Gasteiger partial charge in [-0.15, -0.1) is 0 Å². The van der Waals surface area contributed by atoms with Gasteiger partial charge in [0.1, 0.15) is 10.7 Å². The first-order valence-corrected chi connectivity index (χ1v) is 9.81. The van der Waals surface area contributed by atoms with E-state index < -0.39 is 32.8 Å². The van der Waals surface area contributed by atoms with Gasteiger partial charge in [-0.1, -0.05) is 45.2 Å². The SMILES string of the molecule is CC[C@H](C)[C@@H](c1cccc(S(N)(=O)=O)c1F)C(O)C1CCCC1. The number of rotatable bonds is 6. The van der Waals surface area contributed by atoms with Crippen LogP contribution in [0.1, 0.15) is 57.4 Å². The number of sulfonamides is 1. The van der Waals surface area contributed by atoms with Crippen molar-refractivity contribution in [1.29, 1.82) is 0 Å². The molecule has 23 heavy (non-hydrogen) atoms. The van der Waals surface area contributed by atoms with Crippen LogP contribution in [0.25, 0.3) is 0 Å². The van der Waals surface area contributed by atoms with E-state index in [1.807, 2.05) is 13.8 Å². The number of primary sulfonamides is 1. The lowest BCUT2D eigenvalue weighted by atomic mass is 9.76. The number of aliphatic hydroxyl groups excluding tert-OH is 1. The van der Waals surface area contributed by atoms with Crippen LogP contribution >= 0.6 is 0 Å². The van der Waals surface area contributed by atoms with E-state index in [9.17, 15) is 17.9 Å². The van der Waals surface area contributed by atoms with Gasteiger partial charge in [0, 0.05) is 5.92 Å². The van der Waals surface area contributed by atoms with Crippen molar-refractivity contribution >= 4 is 10.0 Å². The van der Waals surface area contributed by atoms with Crippen LogP contribution in [0.15, 0.2) is 23.1 Å². The molecule has 1 aromatic rings. The molecule has 1 aliphatic rings. The standard InChI is InChI=1S/C17H26FNO3S/c1-3-11(2)15(17(20)12-7-4-5-8-12)13-9-6-10-14(16(13)18)23(19,21)22/h6,9-12,15,17,20H,3-5,7-8H2,1-2H3,(H2,19,21,22)/t11-,15-,17?/m0/s1. The lowest BCUT2D eigenvalue weighted by molar-refractivity contribution is 0.0612. The molecule has 0 saturated heterocycles. The summed E-state index contributed by atoms with van der Waals surface area (Å²) in [5.41, 5.74) is 0.255. The molecule has 0 aromatic heterocycles. The molecular weight excluding hydrogens is 317 g/mol. The normalized spacial score (nSPS) is 20.4. The summed E-state index contributed by atoms with van der Waals surface area (Å²) in [6.07, 6.45) is 4.13. The molecule has 2 rings (SSSR count). The Hall–Kier alpha value is -0.980. The largest absolute Gasteiger partial charge is 0.392 e. The molecule has 4 nitrogen and oxygen atoms in total. The van der Waals surface area contributed by atoms with Crippen molar-refractivity contribution in [2.45, 2.75) is 62.9 Å². The highest BCUT2D eigenvalue weighted by molar-refractivity contribution is 7.89. The first-order chi connectivity index (χ1) is 10.8. The average molecular weight is 343 g/mol. The Morgan fingerprint density at radius 3 is 2.48 bits per heavy atom. The summed E-state index contributed by atoms with van der Waals surface area (Å²) in [5.74, 6) is -1.07. The molecule has 0 amide bonds. The second-order valence-electron chi connectivity index (χ2n) is 6.65. The van der Waals surface area contributed by atoms with E-state index in [2.05, 4.69) is 0 Å². The fourth-order valence-electron chi connectivity index (χ4n) is 3.68. The van der Waals surface area contributed by atoms with E-state index in [-0.39, 0.29) is 17.4 Å². The Kier molecular flexibility index (Phi) is 5.81. The molecule has 1 aromatic carbocycles. The number of hydrogen-bond donors (Lipinski definition) is 2. The third kappa shape index (κ3) is 3.92. The molecule has 0 aliphatic heterocycles. The molecule has 6 heteroatoms. The molecule has 130 valence electrons. The fraction of sp³-hybridized carbons (Fsp3) is 0.647. The van der Waals surface area contributed by atoms with Crippen molar-refractivity contribution in [3.8, 4) is 0 Å². The predicted molar refractivity (Wildman–Crippen MR) is 87.9 cm³/mol. The van der Waals surface area contributed by atoms with Gasteiger partial charge in [-0.3, -0.25) is 0 Å². The van der Waals surface area contributed by atoms with Crippen molar-refractivity contribution in [1.82, 2.24) is 0 Å². The molecule has 0 spiro atoms. The van der Waals surface area contributed by atoms with Gasteiger partial charge < -0.3 is 5.11 Å². The maximum absolute atomic E-state index is 14.8. The lowest BCUT2D eigenvalue weighted by Crippen LogP contribution is -2.31. The average Bonchev–Trinajstić information content (AvgIpc) is 3.01. The zero-order valence-electron chi connectivity index (χ0n) is 13.7. The zero-order valence-corrected chi connectivity index (χ0v) is 14.5. The van der Waals surface area contributed by atoms with Crippen LogP contribution in [0, 0.1) is 17.7 Å². The van der Waals surface area contributed by atoms with Gasteiger partial charge in [0.25, 0.3) is 0 Å². The van der Waals surface area contributed by atoms with Gasteiger partial charge in [-0.2, -0.15) is 0 Å². The predicted octanol–water partition coefficient (Wildman–Crippen LogP) is 3.15. The quantitative estimate of drug-likeness (QED) is 0.832. The van der Waals surface area contributed by atoms with Gasteiger partial charge in [-0.05, 0) is 36.3 Å². The van der Waals surface area contributed by atoms with Gasteiger partial charge in [0.15, 0.2) is 0 Å². The highest BCUT2D eigenvalue weighted by atomic mass is 32.2. The number of hydrogen-bond acceptors (Lipinski definition) is 3. The van der Waals surface area contributed by atoms with Crippen LogP contribution < -0.4 is 5.14 Å². The number of halogens is 1. The number of nitrogens with two attached hydrogens (primary N) is 1. The van der Waals surface area contributed by atoms with Crippen LogP contribution in [0.2, 0.25) is 0 Å². The number of aliphatic hydroxyl groups is 1. The highest BCUT2D eigenvalue weighted by Crippen LogP contribution is 2.40. The van der Waals surface area contributed by atoms with Crippen LogP contribution in [-0.4, -0.2) is 19.6 Å². The maximum atomic E-state index is 14.8. The Morgan fingerprint density at radius 2 is 1.96 bits per heavy atom. The molecule has 3 N–H and O–H groups in total. The van der Waals surface area contributed by atoms with Gasteiger partial charge in [0.2, 0.25) is 10.0 Å². The monoisotopic (exact) mass is 343 g/mol. The van der Waals surface area contributed by atoms with Gasteiger partial charge in [0.05, 0.1) is 6.10 Å². The Balaban J connectivity index is 2.47. The molecular formula is C17H26FNO3S. The van der Waals surface area contributed by atoms with Crippen molar-refractivity contribution in [3.05, 3.63) is 29.6 Å². The van der Waals surface area contributed by atoms with E-state index in [1.54, 1.807) is 6.07 Å². The lowest BCUT2D eigenvalue weighted by Gasteiger charge is -2.32. The summed E-state index contributed by atoms with van der Waals surface area (Å²) in [6.45, 7) is 3.95. The Morgan fingerprint density at radius 1 is 1.35 bits per heavy atom. The van der Waals surface area contributed by atoms with Gasteiger partial charge >= 0.3 is 0 Å². The van der Waals surface area contributed by atoms with E-state index in [1.165, 1.54) is 12.1 Å². The molecule has 1 unspecified atom stereocenters. The second-order valence-corrected chi connectivity index (χ2v) is 8.18. The molecule has 0 bridgehead atoms. The van der Waals surface area contributed by atoms with Crippen molar-refractivity contribution in [2.24, 2.45) is 17.0 Å². The van der Waals surface area contributed by atoms with Crippen LogP contribution in [-0.2, 0) is 10.0 Å². The smallest absolute Gasteiger partial charge is 0.240 e. The van der Waals surface area contributed by atoms with Crippen molar-refractivity contribution in [2.75, 3.05) is 0 Å². The molecule has 1 aliphatic carbocycles. The summed E-state index contributed by atoms with van der Waals surface area (Å²) in [6, 6.07) is 4.23. The minimum atomic E-state index is -4.12. The number of benzene rings is 1.